The average Bonchev–Trinajstić information content (AvgIpc) is 3.24. The third-order valence-electron chi connectivity index (χ3n) is 7.22. The Balaban J connectivity index is 4.90. The van der Waals surface area contributed by atoms with Gasteiger partial charge in [0.15, 0.2) is 0 Å². The van der Waals surface area contributed by atoms with E-state index in [1.165, 1.54) is 0 Å². The largest absolute Gasteiger partial charge is 0.462 e. The molecule has 0 spiro atoms. The first kappa shape index (κ1) is 54.1. The van der Waals surface area contributed by atoms with Crippen molar-refractivity contribution in [3.63, 3.8) is 0 Å². The standard InChI is InChI=1S/C29H59N19O13/c30-45-20(49)7-10-36-23(52)34-8-3-1-5-18(43-25(54)38-16-41-28(57)47-32)21(50)60-13-11-59-12-14-61-22(51)19(44-26(55)39-17-42-29(58)48-33)6-2-4-9-35-24(53)37-15-40-27(56)46-31/h18-19H,1-17,30-33H2,(H,45,49)(H2,34,36,52)(H2,35,37,53)(H2,38,43,54)(H2,39,44,55)(H2,40,46,56)(H2,41,47,57)(H2,42,48,58). The van der Waals surface area contributed by atoms with Crippen molar-refractivity contribution in [1.82, 2.24) is 80.2 Å². The Hall–Kier alpha value is -6.90. The molecule has 348 valence electrons. The number of urea groups is 7. The lowest BCUT2D eigenvalue weighted by molar-refractivity contribution is -0.149. The zero-order valence-electron chi connectivity index (χ0n) is 33.3. The van der Waals surface area contributed by atoms with Crippen LogP contribution < -0.4 is 104 Å². The van der Waals surface area contributed by atoms with Crippen LogP contribution in [0.5, 0.6) is 0 Å². The van der Waals surface area contributed by atoms with Crippen molar-refractivity contribution in [2.24, 2.45) is 23.4 Å². The lowest BCUT2D eigenvalue weighted by Gasteiger charge is -2.19. The summed E-state index contributed by atoms with van der Waals surface area (Å²) in [6.45, 7) is -1.23. The number of ether oxygens (including phenoxy) is 3. The number of nitrogens with one attached hydrogen (secondary N) is 15. The monoisotopic (exact) mass is 881 g/mol. The zero-order chi connectivity index (χ0) is 45.7. The van der Waals surface area contributed by atoms with Crippen molar-refractivity contribution in [1.29, 1.82) is 0 Å². The highest BCUT2D eigenvalue weighted by Gasteiger charge is 2.23. The molecule has 0 aromatic heterocycles. The van der Waals surface area contributed by atoms with Gasteiger partial charge in [-0.05, 0) is 38.5 Å². The number of carbonyl (C=O) groups excluding carboxylic acids is 10. The summed E-state index contributed by atoms with van der Waals surface area (Å²) >= 11 is 0. The number of esters is 2. The van der Waals surface area contributed by atoms with Crippen molar-refractivity contribution in [2.45, 2.75) is 57.0 Å². The van der Waals surface area contributed by atoms with Gasteiger partial charge >= 0.3 is 54.2 Å². The van der Waals surface area contributed by atoms with Gasteiger partial charge in [0, 0.05) is 26.1 Å². The summed E-state index contributed by atoms with van der Waals surface area (Å²) in [7, 11) is 0. The molecular formula is C29H59N19O13. The number of hydrazine groups is 4. The Bertz CT molecular complexity index is 1300. The molecule has 0 aliphatic carbocycles. The fourth-order valence-electron chi connectivity index (χ4n) is 4.23. The second-order valence-electron chi connectivity index (χ2n) is 11.8. The summed E-state index contributed by atoms with van der Waals surface area (Å²) in [5.41, 5.74) is 7.38. The van der Waals surface area contributed by atoms with E-state index in [1.54, 1.807) is 5.43 Å². The fraction of sp³-hybridized carbons (Fsp3) is 0.655. The van der Waals surface area contributed by atoms with Crippen LogP contribution in [0.4, 0.5) is 33.6 Å². The predicted molar refractivity (Wildman–Crippen MR) is 208 cm³/mol. The maximum atomic E-state index is 12.8. The second kappa shape index (κ2) is 35.1. The van der Waals surface area contributed by atoms with Crippen LogP contribution >= 0.6 is 0 Å². The molecule has 0 saturated carbocycles. The van der Waals surface area contributed by atoms with E-state index in [9.17, 15) is 47.9 Å². The molecule has 0 aromatic carbocycles. The first-order chi connectivity index (χ1) is 29.3. The maximum absolute atomic E-state index is 12.8. The van der Waals surface area contributed by atoms with Crippen molar-refractivity contribution in [3.05, 3.63) is 0 Å². The molecule has 61 heavy (non-hydrogen) atoms. The summed E-state index contributed by atoms with van der Waals surface area (Å²) in [6, 6.07) is -7.31. The highest BCUT2D eigenvalue weighted by atomic mass is 16.6. The average molecular weight is 882 g/mol. The fourth-order valence-corrected chi connectivity index (χ4v) is 4.23. The molecule has 0 heterocycles. The van der Waals surface area contributed by atoms with Crippen LogP contribution in [-0.4, -0.2) is 138 Å². The lowest BCUT2D eigenvalue weighted by atomic mass is 10.1. The van der Waals surface area contributed by atoms with E-state index in [0.717, 1.165) is 0 Å². The van der Waals surface area contributed by atoms with Crippen molar-refractivity contribution < 1.29 is 62.2 Å². The Kier molecular flexibility index (Phi) is 31.1. The molecule has 15 amide bonds. The van der Waals surface area contributed by atoms with Gasteiger partial charge in [0.1, 0.15) is 25.3 Å². The number of carbonyl (C=O) groups is 10. The lowest BCUT2D eigenvalue weighted by Crippen LogP contribution is -2.51. The van der Waals surface area contributed by atoms with Crippen molar-refractivity contribution >= 4 is 60.1 Å². The molecule has 0 radical (unpaired) electrons. The third-order valence-corrected chi connectivity index (χ3v) is 7.22. The number of unbranched alkanes of at least 4 members (excludes halogenated alkanes) is 2. The van der Waals surface area contributed by atoms with Crippen LogP contribution in [0.3, 0.4) is 0 Å². The Labute approximate surface area is 348 Å². The highest BCUT2D eigenvalue weighted by Crippen LogP contribution is 2.05. The maximum Gasteiger partial charge on any atom is 0.330 e. The summed E-state index contributed by atoms with van der Waals surface area (Å²) in [4.78, 5) is 119. The molecule has 2 unspecified atom stereocenters. The van der Waals surface area contributed by atoms with Gasteiger partial charge in [-0.15, -0.1) is 0 Å². The van der Waals surface area contributed by atoms with Gasteiger partial charge in [-0.2, -0.15) is 0 Å². The Morgan fingerprint density at radius 1 is 0.393 bits per heavy atom. The van der Waals surface area contributed by atoms with E-state index < -0.39 is 72.1 Å². The van der Waals surface area contributed by atoms with E-state index in [2.05, 4.69) is 58.5 Å². The minimum atomic E-state index is -1.16. The van der Waals surface area contributed by atoms with Crippen LogP contribution in [-0.2, 0) is 28.6 Å². The topological polar surface area (TPSA) is 483 Å². The smallest absolute Gasteiger partial charge is 0.330 e. The van der Waals surface area contributed by atoms with Crippen molar-refractivity contribution in [3.8, 4) is 0 Å². The molecule has 0 fully saturated rings. The van der Waals surface area contributed by atoms with Gasteiger partial charge in [-0.1, -0.05) is 0 Å². The van der Waals surface area contributed by atoms with Crippen molar-refractivity contribution in [2.75, 3.05) is 66.1 Å². The number of nitrogens with two attached hydrogens (primary N) is 4. The Morgan fingerprint density at radius 3 is 1.15 bits per heavy atom. The first-order valence-corrected chi connectivity index (χ1v) is 18.5. The highest BCUT2D eigenvalue weighted by molar-refractivity contribution is 5.85. The van der Waals surface area contributed by atoms with E-state index in [0.29, 0.717) is 25.7 Å². The number of hydrogen-bond donors (Lipinski definition) is 19. The van der Waals surface area contributed by atoms with Crippen LogP contribution in [0.25, 0.3) is 0 Å². The second-order valence-corrected chi connectivity index (χ2v) is 11.8. The molecule has 0 aliphatic rings. The molecule has 32 heteroatoms. The van der Waals surface area contributed by atoms with Crippen LogP contribution in [0.15, 0.2) is 0 Å². The minimum absolute atomic E-state index is 0.0157. The van der Waals surface area contributed by atoms with Gasteiger partial charge in [0.2, 0.25) is 5.91 Å². The first-order valence-electron chi connectivity index (χ1n) is 18.5. The zero-order valence-corrected chi connectivity index (χ0v) is 33.3. The van der Waals surface area contributed by atoms with Gasteiger partial charge in [-0.25, -0.2) is 66.5 Å². The predicted octanol–water partition coefficient (Wildman–Crippen LogP) is -6.86. The third kappa shape index (κ3) is 30.8. The number of rotatable bonds is 29. The summed E-state index contributed by atoms with van der Waals surface area (Å²) in [6.07, 6.45) is 1.59. The molecule has 0 aromatic rings. The van der Waals surface area contributed by atoms with Gasteiger partial charge in [-0.3, -0.25) is 26.5 Å². The van der Waals surface area contributed by atoms with Crippen LogP contribution in [0, 0.1) is 0 Å². The molecular weight excluding hydrogens is 822 g/mol. The van der Waals surface area contributed by atoms with Crippen LogP contribution in [0.1, 0.15) is 44.9 Å². The van der Waals surface area contributed by atoms with E-state index >= 15 is 0 Å². The van der Waals surface area contributed by atoms with E-state index in [-0.39, 0.29) is 85.3 Å². The van der Waals surface area contributed by atoms with E-state index in [1.807, 2.05) is 16.3 Å². The van der Waals surface area contributed by atoms with Gasteiger partial charge in [0.25, 0.3) is 0 Å². The van der Waals surface area contributed by atoms with Gasteiger partial charge in [0.05, 0.1) is 33.2 Å². The molecule has 0 saturated heterocycles. The number of hydrogen-bond acceptors (Lipinski definition) is 17. The minimum Gasteiger partial charge on any atom is -0.462 e. The van der Waals surface area contributed by atoms with E-state index in [4.69, 9.17) is 37.6 Å². The molecule has 2 atom stereocenters. The summed E-state index contributed by atoms with van der Waals surface area (Å²) in [5, 5.41) is 26.1. The summed E-state index contributed by atoms with van der Waals surface area (Å²) < 4.78 is 15.8. The SMILES string of the molecule is NNC(=O)CCNC(=O)NCCCCC(NC(=O)NCNC(=O)NN)C(=O)OCCOCCOC(=O)C(CCCCNC(=O)NCNC(=O)NN)NC(=O)NCNC(=O)NN. The quantitative estimate of drug-likeness (QED) is 0.00829. The normalized spacial score (nSPS) is 11.0. The van der Waals surface area contributed by atoms with Crippen LogP contribution in [0.2, 0.25) is 0 Å². The molecule has 0 rings (SSSR count). The molecule has 32 nitrogen and oxygen atoms in total. The molecule has 0 aliphatic heterocycles. The molecule has 23 N–H and O–H groups in total. The Morgan fingerprint density at radius 2 is 0.754 bits per heavy atom. The summed E-state index contributed by atoms with van der Waals surface area (Å²) in [5.74, 6) is 17.7. The molecule has 0 bridgehead atoms. The number of amides is 15. The van der Waals surface area contributed by atoms with Gasteiger partial charge < -0.3 is 72.7 Å².